The number of aldehydes is 1. The lowest BCUT2D eigenvalue weighted by Gasteiger charge is -2.00. The van der Waals surface area contributed by atoms with E-state index in [1.807, 2.05) is 24.4 Å². The Balaban J connectivity index is 2.98. The van der Waals surface area contributed by atoms with Crippen LogP contribution in [0.4, 0.5) is 5.69 Å². The van der Waals surface area contributed by atoms with Gasteiger partial charge < -0.3 is 0 Å². The number of carbonyl (C=O) groups is 1. The molecule has 0 saturated carbocycles. The second kappa shape index (κ2) is 4.73. The van der Waals surface area contributed by atoms with Crippen molar-refractivity contribution in [3.63, 3.8) is 0 Å². The van der Waals surface area contributed by atoms with Crippen molar-refractivity contribution in [3.05, 3.63) is 35.9 Å². The Bertz CT molecular complexity index is 363. The molecule has 3 heteroatoms. The Morgan fingerprint density at radius 2 is 2.15 bits per heavy atom. The molecule has 0 bridgehead atoms. The van der Waals surface area contributed by atoms with Crippen LogP contribution in [0.25, 0.3) is 6.08 Å². The maximum atomic E-state index is 10.1. The summed E-state index contributed by atoms with van der Waals surface area (Å²) in [7, 11) is 0. The van der Waals surface area contributed by atoms with Crippen molar-refractivity contribution in [3.8, 4) is 6.19 Å². The second-order valence-electron chi connectivity index (χ2n) is 2.32. The molecule has 13 heavy (non-hydrogen) atoms. The summed E-state index contributed by atoms with van der Waals surface area (Å²) in [4.78, 5) is 10.1. The number of carbonyl (C=O) groups excluding carboxylic acids is 1. The predicted molar refractivity (Wildman–Crippen MR) is 50.8 cm³/mol. The van der Waals surface area contributed by atoms with Crippen LogP contribution in [-0.4, -0.2) is 6.29 Å². The van der Waals surface area contributed by atoms with E-state index in [9.17, 15) is 4.79 Å². The van der Waals surface area contributed by atoms with Gasteiger partial charge in [0.15, 0.2) is 6.19 Å². The molecular weight excluding hydrogens is 164 g/mol. The van der Waals surface area contributed by atoms with E-state index < -0.39 is 0 Å². The summed E-state index contributed by atoms with van der Waals surface area (Å²) < 4.78 is 0. The average Bonchev–Trinajstić information content (AvgIpc) is 2.17. The van der Waals surface area contributed by atoms with Gasteiger partial charge in [-0.1, -0.05) is 18.2 Å². The van der Waals surface area contributed by atoms with Gasteiger partial charge in [0, 0.05) is 0 Å². The fourth-order valence-corrected chi connectivity index (χ4v) is 0.959. The Kier molecular flexibility index (Phi) is 3.28. The standard InChI is InChI=1S/C10H8N2O/c11-8-12-10-6-2-1-4-9(10)5-3-7-13/h1-7,12H/b5-3-. The summed E-state index contributed by atoms with van der Waals surface area (Å²) >= 11 is 0. The molecule has 64 valence electrons. The summed E-state index contributed by atoms with van der Waals surface area (Å²) in [6.45, 7) is 0. The molecular formula is C10H8N2O. The Morgan fingerprint density at radius 1 is 1.38 bits per heavy atom. The number of anilines is 1. The van der Waals surface area contributed by atoms with Crippen molar-refractivity contribution >= 4 is 18.0 Å². The van der Waals surface area contributed by atoms with Gasteiger partial charge in [-0.2, -0.15) is 5.26 Å². The summed E-state index contributed by atoms with van der Waals surface area (Å²) in [6, 6.07) is 7.25. The lowest BCUT2D eigenvalue weighted by molar-refractivity contribution is -0.104. The van der Waals surface area contributed by atoms with Crippen molar-refractivity contribution in [1.82, 2.24) is 0 Å². The number of nitrogens with zero attached hydrogens (tertiary/aromatic N) is 1. The van der Waals surface area contributed by atoms with Gasteiger partial charge in [0.2, 0.25) is 0 Å². The number of nitriles is 1. The number of para-hydroxylation sites is 1. The van der Waals surface area contributed by atoms with Gasteiger partial charge >= 0.3 is 0 Å². The largest absolute Gasteiger partial charge is 0.299 e. The Morgan fingerprint density at radius 3 is 2.85 bits per heavy atom. The Hall–Kier alpha value is -2.08. The van der Waals surface area contributed by atoms with E-state index in [1.54, 1.807) is 12.1 Å². The molecule has 0 atom stereocenters. The summed E-state index contributed by atoms with van der Waals surface area (Å²) in [5, 5.41) is 10.9. The summed E-state index contributed by atoms with van der Waals surface area (Å²) in [5.41, 5.74) is 1.51. The third-order valence-corrected chi connectivity index (χ3v) is 1.51. The lowest BCUT2D eigenvalue weighted by Crippen LogP contribution is -1.89. The average molecular weight is 172 g/mol. The summed E-state index contributed by atoms with van der Waals surface area (Å²) in [5.74, 6) is 0. The van der Waals surface area contributed by atoms with Crippen LogP contribution in [0, 0.1) is 11.5 Å². The smallest absolute Gasteiger partial charge is 0.181 e. The fraction of sp³-hybridized carbons (Fsp3) is 0. The van der Waals surface area contributed by atoms with Crippen molar-refractivity contribution in [2.75, 3.05) is 5.32 Å². The minimum Gasteiger partial charge on any atom is -0.299 e. The zero-order valence-electron chi connectivity index (χ0n) is 6.90. The first kappa shape index (κ1) is 9.01. The van der Waals surface area contributed by atoms with Gasteiger partial charge in [-0.15, -0.1) is 0 Å². The van der Waals surface area contributed by atoms with Crippen LogP contribution < -0.4 is 5.32 Å². The second-order valence-corrected chi connectivity index (χ2v) is 2.32. The van der Waals surface area contributed by atoms with E-state index in [0.29, 0.717) is 12.0 Å². The zero-order valence-corrected chi connectivity index (χ0v) is 6.90. The molecule has 0 aliphatic rings. The molecule has 0 aliphatic heterocycles. The normalized spacial score (nSPS) is 9.46. The molecule has 0 aliphatic carbocycles. The third kappa shape index (κ3) is 2.46. The third-order valence-electron chi connectivity index (χ3n) is 1.51. The molecule has 3 nitrogen and oxygen atoms in total. The predicted octanol–water partition coefficient (Wildman–Crippen LogP) is 1.79. The van der Waals surface area contributed by atoms with Crippen LogP contribution in [0.5, 0.6) is 0 Å². The van der Waals surface area contributed by atoms with Crippen molar-refractivity contribution in [2.45, 2.75) is 0 Å². The van der Waals surface area contributed by atoms with E-state index in [2.05, 4.69) is 5.32 Å². The monoisotopic (exact) mass is 172 g/mol. The van der Waals surface area contributed by atoms with Crippen LogP contribution in [0.15, 0.2) is 30.3 Å². The van der Waals surface area contributed by atoms with Gasteiger partial charge in [-0.3, -0.25) is 10.1 Å². The Labute approximate surface area is 76.3 Å². The topological polar surface area (TPSA) is 52.9 Å². The van der Waals surface area contributed by atoms with E-state index in [0.717, 1.165) is 5.56 Å². The first-order valence-electron chi connectivity index (χ1n) is 3.74. The molecule has 0 fully saturated rings. The number of allylic oxidation sites excluding steroid dienone is 1. The highest BCUT2D eigenvalue weighted by atomic mass is 16.1. The van der Waals surface area contributed by atoms with Crippen molar-refractivity contribution in [2.24, 2.45) is 0 Å². The molecule has 1 rings (SSSR count). The highest BCUT2D eigenvalue weighted by Gasteiger charge is 1.94. The van der Waals surface area contributed by atoms with Crippen LogP contribution in [0.2, 0.25) is 0 Å². The van der Waals surface area contributed by atoms with E-state index in [4.69, 9.17) is 5.26 Å². The molecule has 1 N–H and O–H groups in total. The quantitative estimate of drug-likeness (QED) is 0.327. The van der Waals surface area contributed by atoms with E-state index in [-0.39, 0.29) is 0 Å². The van der Waals surface area contributed by atoms with Gasteiger partial charge in [0.25, 0.3) is 0 Å². The first-order chi connectivity index (χ1) is 6.38. The van der Waals surface area contributed by atoms with Gasteiger partial charge in [-0.25, -0.2) is 0 Å². The maximum absolute atomic E-state index is 10.1. The fourth-order valence-electron chi connectivity index (χ4n) is 0.959. The summed E-state index contributed by atoms with van der Waals surface area (Å²) in [6.07, 6.45) is 5.56. The molecule has 0 amide bonds. The number of hydrogen-bond acceptors (Lipinski definition) is 3. The number of rotatable bonds is 3. The molecule has 0 unspecified atom stereocenters. The molecule has 1 aromatic carbocycles. The highest BCUT2D eigenvalue weighted by Crippen LogP contribution is 2.15. The van der Waals surface area contributed by atoms with Crippen LogP contribution in [0.1, 0.15) is 5.56 Å². The van der Waals surface area contributed by atoms with E-state index >= 15 is 0 Å². The number of nitrogens with one attached hydrogen (secondary N) is 1. The van der Waals surface area contributed by atoms with Crippen molar-refractivity contribution < 1.29 is 4.79 Å². The van der Waals surface area contributed by atoms with Crippen LogP contribution in [-0.2, 0) is 4.79 Å². The number of benzene rings is 1. The van der Waals surface area contributed by atoms with Crippen LogP contribution in [0.3, 0.4) is 0 Å². The minimum absolute atomic E-state index is 0.697. The highest BCUT2D eigenvalue weighted by molar-refractivity contribution is 5.78. The molecule has 0 saturated heterocycles. The lowest BCUT2D eigenvalue weighted by atomic mass is 10.1. The molecule has 0 radical (unpaired) electrons. The van der Waals surface area contributed by atoms with Gasteiger partial charge in [0.1, 0.15) is 6.29 Å². The van der Waals surface area contributed by atoms with Gasteiger partial charge in [0.05, 0.1) is 5.69 Å². The van der Waals surface area contributed by atoms with Crippen LogP contribution >= 0.6 is 0 Å². The number of hydrogen-bond donors (Lipinski definition) is 1. The molecule has 0 spiro atoms. The molecule has 0 aromatic heterocycles. The van der Waals surface area contributed by atoms with Gasteiger partial charge in [-0.05, 0) is 23.8 Å². The SMILES string of the molecule is N#CNc1ccccc1/C=C\C=O. The van der Waals surface area contributed by atoms with Crippen molar-refractivity contribution in [1.29, 1.82) is 5.26 Å². The first-order valence-corrected chi connectivity index (χ1v) is 3.74. The van der Waals surface area contributed by atoms with E-state index in [1.165, 1.54) is 6.08 Å². The molecule has 0 heterocycles. The zero-order chi connectivity index (χ0) is 9.52. The maximum Gasteiger partial charge on any atom is 0.181 e. The minimum atomic E-state index is 0.697. The molecule has 1 aromatic rings.